The summed E-state index contributed by atoms with van der Waals surface area (Å²) < 4.78 is 11.7. The lowest BCUT2D eigenvalue weighted by molar-refractivity contribution is -0.137. The van der Waals surface area contributed by atoms with Gasteiger partial charge < -0.3 is 20.3 Å². The highest BCUT2D eigenvalue weighted by Crippen LogP contribution is 2.38. The molecule has 1 aromatic rings. The Labute approximate surface area is 120 Å². The van der Waals surface area contributed by atoms with Gasteiger partial charge in [0.05, 0.1) is 19.6 Å². The monoisotopic (exact) mass is 331 g/mol. The number of hydrogen-bond donors (Lipinski definition) is 2. The van der Waals surface area contributed by atoms with Gasteiger partial charge in [-0.15, -0.1) is 0 Å². The largest absolute Gasteiger partial charge is 0.493 e. The summed E-state index contributed by atoms with van der Waals surface area (Å²) in [5, 5.41) is 8.85. The molecule has 5 nitrogen and oxygen atoms in total. The fourth-order valence-electron chi connectivity index (χ4n) is 1.68. The van der Waals surface area contributed by atoms with E-state index in [0.29, 0.717) is 17.1 Å². The van der Waals surface area contributed by atoms with E-state index in [1.54, 1.807) is 12.1 Å². The molecule has 0 aromatic heterocycles. The molecule has 0 saturated heterocycles. The molecule has 1 atom stereocenters. The SMILES string of the molecule is COc1cc(Br)cc(C(N)CC(=O)O)c1OC(C)C. The highest BCUT2D eigenvalue weighted by Gasteiger charge is 2.21. The number of hydrogen-bond acceptors (Lipinski definition) is 4. The maximum atomic E-state index is 10.8. The summed E-state index contributed by atoms with van der Waals surface area (Å²) in [5.41, 5.74) is 6.54. The molecular formula is C13H18BrNO4. The molecule has 0 aliphatic heterocycles. The topological polar surface area (TPSA) is 81.8 Å². The lowest BCUT2D eigenvalue weighted by atomic mass is 10.0. The zero-order chi connectivity index (χ0) is 14.6. The highest BCUT2D eigenvalue weighted by atomic mass is 79.9. The molecule has 1 rings (SSSR count). The minimum atomic E-state index is -0.957. The van der Waals surface area contributed by atoms with E-state index in [0.717, 1.165) is 4.47 Å². The summed E-state index contributed by atoms with van der Waals surface area (Å²) in [6.07, 6.45) is -0.237. The molecule has 106 valence electrons. The fraction of sp³-hybridized carbons (Fsp3) is 0.462. The second kappa shape index (κ2) is 6.77. The average Bonchev–Trinajstić information content (AvgIpc) is 2.29. The van der Waals surface area contributed by atoms with Crippen molar-refractivity contribution in [3.8, 4) is 11.5 Å². The van der Waals surface area contributed by atoms with Crippen molar-refractivity contribution in [2.45, 2.75) is 32.4 Å². The van der Waals surface area contributed by atoms with Crippen molar-refractivity contribution in [2.24, 2.45) is 5.73 Å². The Morgan fingerprint density at radius 1 is 1.47 bits per heavy atom. The van der Waals surface area contributed by atoms with Crippen molar-refractivity contribution in [2.75, 3.05) is 7.11 Å². The second-order valence-electron chi connectivity index (χ2n) is 4.40. The quantitative estimate of drug-likeness (QED) is 0.837. The summed E-state index contributed by atoms with van der Waals surface area (Å²) in [5.74, 6) is 0.0651. The predicted octanol–water partition coefficient (Wildman–Crippen LogP) is 2.72. The van der Waals surface area contributed by atoms with Crippen LogP contribution in [0, 0.1) is 0 Å². The van der Waals surface area contributed by atoms with Gasteiger partial charge in [-0.25, -0.2) is 0 Å². The van der Waals surface area contributed by atoms with Crippen molar-refractivity contribution in [3.05, 3.63) is 22.2 Å². The number of rotatable bonds is 6. The van der Waals surface area contributed by atoms with Crippen molar-refractivity contribution in [1.29, 1.82) is 0 Å². The van der Waals surface area contributed by atoms with Crippen LogP contribution in [0.4, 0.5) is 0 Å². The normalized spacial score (nSPS) is 12.3. The zero-order valence-corrected chi connectivity index (χ0v) is 12.7. The third-order valence-electron chi connectivity index (χ3n) is 2.42. The standard InChI is InChI=1S/C13H18BrNO4/c1-7(2)19-13-9(10(15)6-12(16)17)4-8(14)5-11(13)18-3/h4-5,7,10H,6,15H2,1-3H3,(H,16,17). The molecule has 0 aliphatic rings. The first kappa shape index (κ1) is 15.8. The van der Waals surface area contributed by atoms with Gasteiger partial charge in [-0.1, -0.05) is 15.9 Å². The van der Waals surface area contributed by atoms with Crippen LogP contribution in [0.5, 0.6) is 11.5 Å². The fourth-order valence-corrected chi connectivity index (χ4v) is 2.13. The Balaban J connectivity index is 3.25. The maximum absolute atomic E-state index is 10.8. The molecule has 0 spiro atoms. The van der Waals surface area contributed by atoms with Crippen LogP contribution in [0.25, 0.3) is 0 Å². The molecule has 1 aromatic carbocycles. The molecule has 0 bridgehead atoms. The van der Waals surface area contributed by atoms with Gasteiger partial charge in [-0.2, -0.15) is 0 Å². The third kappa shape index (κ3) is 4.40. The van der Waals surface area contributed by atoms with E-state index >= 15 is 0 Å². The smallest absolute Gasteiger partial charge is 0.305 e. The van der Waals surface area contributed by atoms with Crippen LogP contribution in [-0.2, 0) is 4.79 Å². The van der Waals surface area contributed by atoms with E-state index in [4.69, 9.17) is 20.3 Å². The van der Waals surface area contributed by atoms with Gasteiger partial charge in [0.1, 0.15) is 0 Å². The van der Waals surface area contributed by atoms with Gasteiger partial charge in [0.15, 0.2) is 11.5 Å². The zero-order valence-electron chi connectivity index (χ0n) is 11.1. The molecule has 1 unspecified atom stereocenters. The molecule has 3 N–H and O–H groups in total. The van der Waals surface area contributed by atoms with Crippen LogP contribution >= 0.6 is 15.9 Å². The molecule has 0 radical (unpaired) electrons. The minimum absolute atomic E-state index is 0.0640. The first-order valence-electron chi connectivity index (χ1n) is 5.86. The molecule has 0 heterocycles. The van der Waals surface area contributed by atoms with Crippen molar-refractivity contribution >= 4 is 21.9 Å². The van der Waals surface area contributed by atoms with Gasteiger partial charge in [0.2, 0.25) is 0 Å². The van der Waals surface area contributed by atoms with Gasteiger partial charge in [-0.05, 0) is 26.0 Å². The highest BCUT2D eigenvalue weighted by molar-refractivity contribution is 9.10. The van der Waals surface area contributed by atoms with E-state index < -0.39 is 12.0 Å². The minimum Gasteiger partial charge on any atom is -0.493 e. The molecular weight excluding hydrogens is 314 g/mol. The second-order valence-corrected chi connectivity index (χ2v) is 5.31. The first-order chi connectivity index (χ1) is 8.85. The predicted molar refractivity (Wildman–Crippen MR) is 75.6 cm³/mol. The van der Waals surface area contributed by atoms with E-state index in [-0.39, 0.29) is 12.5 Å². The summed E-state index contributed by atoms with van der Waals surface area (Å²) in [7, 11) is 1.53. The number of aliphatic carboxylic acids is 1. The van der Waals surface area contributed by atoms with Crippen LogP contribution in [0.3, 0.4) is 0 Å². The molecule has 0 amide bonds. The number of carboxylic acids is 1. The van der Waals surface area contributed by atoms with Gasteiger partial charge in [-0.3, -0.25) is 4.79 Å². The third-order valence-corrected chi connectivity index (χ3v) is 2.87. The first-order valence-corrected chi connectivity index (χ1v) is 6.66. The maximum Gasteiger partial charge on any atom is 0.305 e. The number of halogens is 1. The van der Waals surface area contributed by atoms with Crippen LogP contribution in [0.15, 0.2) is 16.6 Å². The van der Waals surface area contributed by atoms with Crippen LogP contribution in [-0.4, -0.2) is 24.3 Å². The lowest BCUT2D eigenvalue weighted by Gasteiger charge is -2.20. The Bertz CT molecular complexity index is 462. The lowest BCUT2D eigenvalue weighted by Crippen LogP contribution is -2.18. The van der Waals surface area contributed by atoms with Gasteiger partial charge >= 0.3 is 5.97 Å². The number of carbonyl (C=O) groups is 1. The van der Waals surface area contributed by atoms with E-state index in [9.17, 15) is 4.79 Å². The average molecular weight is 332 g/mol. The molecule has 0 fully saturated rings. The van der Waals surface area contributed by atoms with Crippen molar-refractivity contribution in [1.82, 2.24) is 0 Å². The van der Waals surface area contributed by atoms with E-state index in [1.165, 1.54) is 7.11 Å². The van der Waals surface area contributed by atoms with Crippen LogP contribution in [0.2, 0.25) is 0 Å². The van der Waals surface area contributed by atoms with Crippen LogP contribution < -0.4 is 15.2 Å². The number of benzene rings is 1. The van der Waals surface area contributed by atoms with Crippen LogP contribution in [0.1, 0.15) is 31.9 Å². The summed E-state index contributed by atoms with van der Waals surface area (Å²) in [4.78, 5) is 10.8. The molecule has 0 saturated carbocycles. The Hall–Kier alpha value is -1.27. The summed E-state index contributed by atoms with van der Waals surface area (Å²) in [6.45, 7) is 3.77. The number of ether oxygens (including phenoxy) is 2. The number of methoxy groups -OCH3 is 1. The van der Waals surface area contributed by atoms with E-state index in [2.05, 4.69) is 15.9 Å². The molecule has 6 heteroatoms. The van der Waals surface area contributed by atoms with Crippen molar-refractivity contribution in [3.63, 3.8) is 0 Å². The molecule has 0 aliphatic carbocycles. The van der Waals surface area contributed by atoms with E-state index in [1.807, 2.05) is 13.8 Å². The van der Waals surface area contributed by atoms with Gasteiger partial charge in [0.25, 0.3) is 0 Å². The van der Waals surface area contributed by atoms with Gasteiger partial charge in [0, 0.05) is 16.1 Å². The number of carboxylic acid groups (broad SMARTS) is 1. The molecule has 19 heavy (non-hydrogen) atoms. The Morgan fingerprint density at radius 2 is 2.11 bits per heavy atom. The number of nitrogens with two attached hydrogens (primary N) is 1. The Morgan fingerprint density at radius 3 is 2.58 bits per heavy atom. The Kier molecular flexibility index (Phi) is 5.62. The summed E-state index contributed by atoms with van der Waals surface area (Å²) >= 11 is 3.35. The van der Waals surface area contributed by atoms with Crippen molar-refractivity contribution < 1.29 is 19.4 Å². The summed E-state index contributed by atoms with van der Waals surface area (Å²) in [6, 6.07) is 2.86.